The van der Waals surface area contributed by atoms with E-state index in [0.29, 0.717) is 12.3 Å². The van der Waals surface area contributed by atoms with Crippen molar-refractivity contribution >= 4 is 9.84 Å². The minimum Gasteiger partial charge on any atom is -0.229 e. The molecule has 0 spiro atoms. The van der Waals surface area contributed by atoms with Crippen LogP contribution in [0.4, 0.5) is 0 Å². The lowest BCUT2D eigenvalue weighted by molar-refractivity contribution is 0.390. The van der Waals surface area contributed by atoms with Gasteiger partial charge in [-0.2, -0.15) is 5.26 Å². The maximum absolute atomic E-state index is 11.3. The van der Waals surface area contributed by atoms with E-state index in [1.54, 1.807) is 0 Å². The molecule has 1 saturated heterocycles. The lowest BCUT2D eigenvalue weighted by atomic mass is 9.84. The maximum atomic E-state index is 11.3. The quantitative estimate of drug-likeness (QED) is 0.669. The zero-order chi connectivity index (χ0) is 9.53. The molecule has 0 aromatic carbocycles. The summed E-state index contributed by atoms with van der Waals surface area (Å²) >= 11 is 0. The molecule has 0 N–H and O–H groups in total. The van der Waals surface area contributed by atoms with Gasteiger partial charge in [0.05, 0.1) is 23.0 Å². The zero-order valence-electron chi connectivity index (χ0n) is 7.49. The molecule has 0 bridgehead atoms. The van der Waals surface area contributed by atoms with Gasteiger partial charge in [0.1, 0.15) is 0 Å². The van der Waals surface area contributed by atoms with E-state index < -0.39 is 15.3 Å². The maximum Gasteiger partial charge on any atom is 0.151 e. The fourth-order valence-corrected chi connectivity index (χ4v) is 4.10. The minimum atomic E-state index is -2.91. The first-order valence-electron chi connectivity index (χ1n) is 4.67. The minimum absolute atomic E-state index is 0.104. The molecule has 2 aliphatic rings. The van der Waals surface area contributed by atoms with Crippen molar-refractivity contribution < 1.29 is 8.42 Å². The van der Waals surface area contributed by atoms with Gasteiger partial charge in [0.2, 0.25) is 0 Å². The number of sulfone groups is 1. The van der Waals surface area contributed by atoms with Gasteiger partial charge in [-0.3, -0.25) is 0 Å². The number of nitriles is 1. The van der Waals surface area contributed by atoms with Crippen molar-refractivity contribution in [2.75, 3.05) is 11.5 Å². The highest BCUT2D eigenvalue weighted by Gasteiger charge is 2.45. The Labute approximate surface area is 78.7 Å². The van der Waals surface area contributed by atoms with E-state index >= 15 is 0 Å². The second kappa shape index (κ2) is 2.71. The van der Waals surface area contributed by atoms with Gasteiger partial charge in [0, 0.05) is 0 Å². The molecule has 72 valence electrons. The van der Waals surface area contributed by atoms with E-state index in [4.69, 9.17) is 5.26 Å². The molecule has 2 rings (SSSR count). The summed E-state index contributed by atoms with van der Waals surface area (Å²) < 4.78 is 22.5. The summed E-state index contributed by atoms with van der Waals surface area (Å²) in [4.78, 5) is 0. The van der Waals surface area contributed by atoms with Crippen LogP contribution in [0.15, 0.2) is 0 Å². The van der Waals surface area contributed by atoms with Crippen LogP contribution < -0.4 is 0 Å². The topological polar surface area (TPSA) is 57.9 Å². The molecule has 0 radical (unpaired) electrons. The monoisotopic (exact) mass is 199 g/mol. The first kappa shape index (κ1) is 9.01. The summed E-state index contributed by atoms with van der Waals surface area (Å²) in [7, 11) is -2.91. The third kappa shape index (κ3) is 1.86. The van der Waals surface area contributed by atoms with Gasteiger partial charge in [-0.15, -0.1) is 0 Å². The highest BCUT2D eigenvalue weighted by Crippen LogP contribution is 2.45. The van der Waals surface area contributed by atoms with Crippen molar-refractivity contribution in [3.05, 3.63) is 0 Å². The molecule has 0 amide bonds. The van der Waals surface area contributed by atoms with Crippen molar-refractivity contribution in [1.29, 1.82) is 5.26 Å². The van der Waals surface area contributed by atoms with Gasteiger partial charge in [0.25, 0.3) is 0 Å². The Morgan fingerprint density at radius 1 is 1.46 bits per heavy atom. The van der Waals surface area contributed by atoms with Gasteiger partial charge in [-0.1, -0.05) is 12.8 Å². The lowest BCUT2D eigenvalue weighted by Gasteiger charge is -2.17. The van der Waals surface area contributed by atoms with Gasteiger partial charge in [-0.05, 0) is 18.8 Å². The van der Waals surface area contributed by atoms with Crippen LogP contribution in [0.25, 0.3) is 0 Å². The predicted octanol–water partition coefficient (Wildman–Crippen LogP) is 1.11. The van der Waals surface area contributed by atoms with E-state index in [-0.39, 0.29) is 11.5 Å². The Morgan fingerprint density at radius 3 is 2.54 bits per heavy atom. The predicted molar refractivity (Wildman–Crippen MR) is 48.7 cm³/mol. The molecule has 1 aliphatic carbocycles. The third-order valence-corrected chi connectivity index (χ3v) is 4.82. The van der Waals surface area contributed by atoms with Crippen LogP contribution in [0.2, 0.25) is 0 Å². The molecule has 13 heavy (non-hydrogen) atoms. The summed E-state index contributed by atoms with van der Waals surface area (Å²) in [5.74, 6) is 0.952. The molecule has 1 heterocycles. The summed E-state index contributed by atoms with van der Waals surface area (Å²) in [6, 6.07) is 2.23. The smallest absolute Gasteiger partial charge is 0.151 e. The molecule has 4 heteroatoms. The van der Waals surface area contributed by atoms with Crippen LogP contribution in [0.3, 0.4) is 0 Å². The first-order valence-corrected chi connectivity index (χ1v) is 6.49. The first-order chi connectivity index (χ1) is 6.05. The second-order valence-electron chi connectivity index (χ2n) is 4.38. The summed E-state index contributed by atoms with van der Waals surface area (Å²) in [5, 5.41) is 9.01. The zero-order valence-corrected chi connectivity index (χ0v) is 8.31. The number of nitrogens with zero attached hydrogens (tertiary/aromatic N) is 1. The molecular weight excluding hydrogens is 186 g/mol. The van der Waals surface area contributed by atoms with Crippen LogP contribution in [-0.4, -0.2) is 19.9 Å². The van der Waals surface area contributed by atoms with E-state index in [2.05, 4.69) is 6.07 Å². The van der Waals surface area contributed by atoms with Crippen molar-refractivity contribution in [2.24, 2.45) is 11.3 Å². The van der Waals surface area contributed by atoms with E-state index in [1.807, 2.05) is 0 Å². The Bertz CT molecular complexity index is 350. The van der Waals surface area contributed by atoms with Gasteiger partial charge >= 0.3 is 0 Å². The molecule has 0 aromatic heterocycles. The average molecular weight is 199 g/mol. The van der Waals surface area contributed by atoms with Crippen molar-refractivity contribution in [2.45, 2.75) is 25.7 Å². The largest absolute Gasteiger partial charge is 0.229 e. The summed E-state index contributed by atoms with van der Waals surface area (Å²) in [6.45, 7) is 0. The van der Waals surface area contributed by atoms with Crippen LogP contribution in [0, 0.1) is 22.7 Å². The molecule has 3 nitrogen and oxygen atoms in total. The van der Waals surface area contributed by atoms with Gasteiger partial charge in [-0.25, -0.2) is 8.42 Å². The van der Waals surface area contributed by atoms with Crippen molar-refractivity contribution in [3.8, 4) is 6.07 Å². The average Bonchev–Trinajstić information content (AvgIpc) is 2.78. The normalized spacial score (nSPS) is 37.2. The van der Waals surface area contributed by atoms with E-state index in [9.17, 15) is 8.42 Å². The van der Waals surface area contributed by atoms with Crippen LogP contribution >= 0.6 is 0 Å². The molecular formula is C9H13NO2S. The molecule has 0 aromatic rings. The van der Waals surface area contributed by atoms with Gasteiger partial charge in [0.15, 0.2) is 9.84 Å². The van der Waals surface area contributed by atoms with E-state index in [1.165, 1.54) is 12.8 Å². The summed E-state index contributed by atoms with van der Waals surface area (Å²) in [5.41, 5.74) is -0.528. The van der Waals surface area contributed by atoms with Crippen LogP contribution in [0.1, 0.15) is 25.7 Å². The highest BCUT2D eigenvalue weighted by atomic mass is 32.2. The molecule has 2 fully saturated rings. The standard InChI is InChI=1S/C9H13NO2S/c10-6-9(5-8-1-2-8)3-4-13(11,12)7-9/h8H,1-5,7H2. The molecule has 1 aliphatic heterocycles. The van der Waals surface area contributed by atoms with Crippen LogP contribution in [-0.2, 0) is 9.84 Å². The Kier molecular flexibility index (Phi) is 1.88. The van der Waals surface area contributed by atoms with Crippen molar-refractivity contribution in [3.63, 3.8) is 0 Å². The molecule has 1 atom stereocenters. The van der Waals surface area contributed by atoms with Gasteiger partial charge < -0.3 is 0 Å². The Hall–Kier alpha value is -0.560. The van der Waals surface area contributed by atoms with Crippen LogP contribution in [0.5, 0.6) is 0 Å². The SMILES string of the molecule is N#CC1(CC2CC2)CCS(=O)(=O)C1. The molecule has 1 unspecified atom stereocenters. The fourth-order valence-electron chi connectivity index (χ4n) is 2.09. The third-order valence-electron chi connectivity index (χ3n) is 3.00. The summed E-state index contributed by atoms with van der Waals surface area (Å²) in [6.07, 6.45) is 3.73. The number of hydrogen-bond acceptors (Lipinski definition) is 3. The number of hydrogen-bond donors (Lipinski definition) is 0. The van der Waals surface area contributed by atoms with Crippen molar-refractivity contribution in [1.82, 2.24) is 0 Å². The Morgan fingerprint density at radius 2 is 2.15 bits per heavy atom. The number of rotatable bonds is 2. The highest BCUT2D eigenvalue weighted by molar-refractivity contribution is 7.91. The second-order valence-corrected chi connectivity index (χ2v) is 6.57. The Balaban J connectivity index is 2.13. The molecule has 1 saturated carbocycles. The lowest BCUT2D eigenvalue weighted by Crippen LogP contribution is -2.20. The van der Waals surface area contributed by atoms with E-state index in [0.717, 1.165) is 6.42 Å². The fraction of sp³-hybridized carbons (Fsp3) is 0.889.